The van der Waals surface area contributed by atoms with Crippen LogP contribution in [0.2, 0.25) is 5.02 Å². The first-order valence-corrected chi connectivity index (χ1v) is 10.5. The Balaban J connectivity index is 1.80. The van der Waals surface area contributed by atoms with Crippen LogP contribution in [0.3, 0.4) is 0 Å². The predicted molar refractivity (Wildman–Crippen MR) is 113 cm³/mol. The summed E-state index contributed by atoms with van der Waals surface area (Å²) in [5.74, 6) is 0.131. The van der Waals surface area contributed by atoms with Gasteiger partial charge in [-0.05, 0) is 51.7 Å². The summed E-state index contributed by atoms with van der Waals surface area (Å²) >= 11 is 7.55. The van der Waals surface area contributed by atoms with Gasteiger partial charge in [0, 0.05) is 30.7 Å². The van der Waals surface area contributed by atoms with Gasteiger partial charge < -0.3 is 14.4 Å². The normalized spacial score (nSPS) is 14.5. The van der Waals surface area contributed by atoms with Crippen molar-refractivity contribution in [2.75, 3.05) is 19.7 Å². The van der Waals surface area contributed by atoms with Gasteiger partial charge in [-0.15, -0.1) is 0 Å². The van der Waals surface area contributed by atoms with Gasteiger partial charge in [0.05, 0.1) is 29.3 Å². The largest absolute Gasteiger partial charge is 0.462 e. The van der Waals surface area contributed by atoms with Gasteiger partial charge in [-0.3, -0.25) is 0 Å². The molecule has 1 fully saturated rings. The van der Waals surface area contributed by atoms with E-state index in [-0.39, 0.29) is 0 Å². The summed E-state index contributed by atoms with van der Waals surface area (Å²) in [4.78, 5) is 18.9. The van der Waals surface area contributed by atoms with Crippen LogP contribution in [-0.2, 0) is 4.74 Å². The molecule has 28 heavy (non-hydrogen) atoms. The molecule has 0 saturated carbocycles. The van der Waals surface area contributed by atoms with Crippen LogP contribution < -0.4 is 4.74 Å². The van der Waals surface area contributed by atoms with Crippen LogP contribution in [0.1, 0.15) is 47.8 Å². The van der Waals surface area contributed by atoms with Gasteiger partial charge in [0.25, 0.3) is 0 Å². The summed E-state index contributed by atoms with van der Waals surface area (Å²) in [6, 6.07) is 3.61. The maximum absolute atomic E-state index is 12.2. The number of nitrogens with zero attached hydrogens (tertiary/aromatic N) is 3. The maximum Gasteiger partial charge on any atom is 0.344 e. The third kappa shape index (κ3) is 4.83. The molecule has 0 spiro atoms. The Hall–Kier alpha value is -2.12. The van der Waals surface area contributed by atoms with Crippen molar-refractivity contribution in [3.63, 3.8) is 0 Å². The van der Waals surface area contributed by atoms with Crippen molar-refractivity contribution in [1.82, 2.24) is 9.27 Å². The van der Waals surface area contributed by atoms with Gasteiger partial charge >= 0.3 is 5.97 Å². The van der Waals surface area contributed by atoms with Crippen molar-refractivity contribution in [3.05, 3.63) is 34.0 Å². The molecule has 1 saturated heterocycles. The van der Waals surface area contributed by atoms with Crippen molar-refractivity contribution in [3.8, 4) is 10.8 Å². The summed E-state index contributed by atoms with van der Waals surface area (Å²) in [6.07, 6.45) is 5.54. The number of benzene rings is 1. The lowest BCUT2D eigenvalue weighted by Crippen LogP contribution is -2.27. The number of rotatable bonds is 6. The summed E-state index contributed by atoms with van der Waals surface area (Å²) < 4.78 is 15.3. The number of esters is 1. The zero-order valence-corrected chi connectivity index (χ0v) is 17.9. The van der Waals surface area contributed by atoms with Gasteiger partial charge in [0.15, 0.2) is 0 Å². The minimum Gasteiger partial charge on any atom is -0.462 e. The van der Waals surface area contributed by atoms with E-state index in [0.29, 0.717) is 39.4 Å². The van der Waals surface area contributed by atoms with E-state index in [1.165, 1.54) is 19.3 Å². The molecule has 0 amide bonds. The van der Waals surface area contributed by atoms with Crippen LogP contribution in [0.15, 0.2) is 17.1 Å². The van der Waals surface area contributed by atoms with Crippen molar-refractivity contribution in [2.45, 2.75) is 40.0 Å². The van der Waals surface area contributed by atoms with Crippen molar-refractivity contribution >= 4 is 41.1 Å². The lowest BCUT2D eigenvalue weighted by molar-refractivity contribution is 0.0523. The van der Waals surface area contributed by atoms with Crippen LogP contribution in [0.4, 0.5) is 5.69 Å². The van der Waals surface area contributed by atoms with E-state index in [1.54, 1.807) is 19.9 Å². The molecule has 1 aromatic carbocycles. The first-order chi connectivity index (χ1) is 13.5. The Labute approximate surface area is 174 Å². The smallest absolute Gasteiger partial charge is 0.344 e. The standard InChI is InChI=1S/C20H24ClN3O3S/c1-4-26-19(25)18-14(3)23-28-20(18)27-17-11-15(21)16(10-13(17)2)22-12-24-8-6-5-7-9-24/h10-12H,4-9H2,1-3H3. The van der Waals surface area contributed by atoms with Crippen molar-refractivity contribution < 1.29 is 14.3 Å². The van der Waals surface area contributed by atoms with Gasteiger partial charge in [-0.2, -0.15) is 4.37 Å². The van der Waals surface area contributed by atoms with Crippen LogP contribution in [0.25, 0.3) is 0 Å². The molecular weight excluding hydrogens is 398 g/mol. The molecule has 0 atom stereocenters. The molecule has 1 aliphatic rings. The lowest BCUT2D eigenvalue weighted by atomic mass is 10.1. The number of aromatic nitrogens is 1. The molecule has 0 radical (unpaired) electrons. The van der Waals surface area contributed by atoms with Gasteiger partial charge in [0.2, 0.25) is 5.06 Å². The number of hydrogen-bond donors (Lipinski definition) is 0. The Morgan fingerprint density at radius 2 is 2.07 bits per heavy atom. The van der Waals surface area contributed by atoms with Crippen molar-refractivity contribution in [1.29, 1.82) is 0 Å². The van der Waals surface area contributed by atoms with Crippen LogP contribution in [0.5, 0.6) is 10.8 Å². The second kappa shape index (κ2) is 9.39. The minimum absolute atomic E-state index is 0.294. The fraction of sp³-hybridized carbons (Fsp3) is 0.450. The number of aliphatic imine (C=N–C) groups is 1. The summed E-state index contributed by atoms with van der Waals surface area (Å²) in [6.45, 7) is 7.80. The number of likely N-dealkylation sites (tertiary alicyclic amines) is 1. The highest BCUT2D eigenvalue weighted by Crippen LogP contribution is 2.38. The Morgan fingerprint density at radius 3 is 2.79 bits per heavy atom. The number of aryl methyl sites for hydroxylation is 2. The fourth-order valence-electron chi connectivity index (χ4n) is 2.99. The molecule has 0 N–H and O–H groups in total. The third-order valence-corrected chi connectivity index (χ3v) is 5.63. The highest BCUT2D eigenvalue weighted by Gasteiger charge is 2.22. The topological polar surface area (TPSA) is 64.0 Å². The molecule has 3 rings (SSSR count). The molecule has 0 aliphatic carbocycles. The van der Waals surface area contributed by atoms with E-state index in [4.69, 9.17) is 21.1 Å². The van der Waals surface area contributed by atoms with Gasteiger partial charge in [0.1, 0.15) is 11.3 Å². The molecule has 0 bridgehead atoms. The first kappa shape index (κ1) is 20.6. The number of halogens is 1. The van der Waals surface area contributed by atoms with E-state index in [0.717, 1.165) is 30.2 Å². The molecule has 2 aromatic rings. The van der Waals surface area contributed by atoms with Crippen LogP contribution in [-0.4, -0.2) is 41.3 Å². The minimum atomic E-state index is -0.435. The molecular formula is C20H24ClN3O3S. The van der Waals surface area contributed by atoms with E-state index >= 15 is 0 Å². The Morgan fingerprint density at radius 1 is 1.32 bits per heavy atom. The lowest BCUT2D eigenvalue weighted by Gasteiger charge is -2.23. The Kier molecular flexibility index (Phi) is 6.91. The molecule has 1 aromatic heterocycles. The van der Waals surface area contributed by atoms with E-state index < -0.39 is 5.97 Å². The SMILES string of the molecule is CCOC(=O)c1c(C)nsc1Oc1cc(Cl)c(N=CN2CCCCC2)cc1C. The molecule has 150 valence electrons. The van der Waals surface area contributed by atoms with Gasteiger partial charge in [-0.25, -0.2) is 9.79 Å². The molecule has 1 aliphatic heterocycles. The monoisotopic (exact) mass is 421 g/mol. The van der Waals surface area contributed by atoms with E-state index in [2.05, 4.69) is 14.3 Å². The average Bonchev–Trinajstić information content (AvgIpc) is 3.04. The van der Waals surface area contributed by atoms with Crippen LogP contribution in [0, 0.1) is 13.8 Å². The summed E-state index contributed by atoms with van der Waals surface area (Å²) in [5.41, 5.74) is 2.51. The zero-order chi connectivity index (χ0) is 20.1. The van der Waals surface area contributed by atoms with Crippen molar-refractivity contribution in [2.24, 2.45) is 4.99 Å². The number of hydrogen-bond acceptors (Lipinski definition) is 6. The highest BCUT2D eigenvalue weighted by molar-refractivity contribution is 7.08. The third-order valence-electron chi connectivity index (χ3n) is 4.51. The second-order valence-electron chi connectivity index (χ2n) is 6.66. The average molecular weight is 422 g/mol. The number of carbonyl (C=O) groups excluding carboxylic acids is 1. The summed E-state index contributed by atoms with van der Waals surface area (Å²) in [5, 5.41) is 0.896. The number of carbonyl (C=O) groups is 1. The summed E-state index contributed by atoms with van der Waals surface area (Å²) in [7, 11) is 0. The number of piperidine rings is 1. The van der Waals surface area contributed by atoms with E-state index in [1.807, 2.05) is 19.3 Å². The maximum atomic E-state index is 12.2. The highest BCUT2D eigenvalue weighted by atomic mass is 35.5. The quantitative estimate of drug-likeness (QED) is 0.348. The molecule has 0 unspecified atom stereocenters. The molecule has 6 nitrogen and oxygen atoms in total. The Bertz CT molecular complexity index is 876. The second-order valence-corrected chi connectivity index (χ2v) is 7.81. The number of ether oxygens (including phenoxy) is 2. The molecule has 8 heteroatoms. The van der Waals surface area contributed by atoms with Crippen LogP contribution >= 0.6 is 23.1 Å². The van der Waals surface area contributed by atoms with Gasteiger partial charge in [-0.1, -0.05) is 11.6 Å². The fourth-order valence-corrected chi connectivity index (χ4v) is 3.95. The van der Waals surface area contributed by atoms with E-state index in [9.17, 15) is 4.79 Å². The zero-order valence-electron chi connectivity index (χ0n) is 16.3. The molecule has 2 heterocycles. The first-order valence-electron chi connectivity index (χ1n) is 9.39. The predicted octanol–water partition coefficient (Wildman–Crippen LogP) is 5.53.